The fraction of sp³-hybridized carbons (Fsp3) is 0.0556. The second-order valence-corrected chi connectivity index (χ2v) is 5.62. The van der Waals surface area contributed by atoms with E-state index in [1.54, 1.807) is 11.3 Å². The van der Waals surface area contributed by atoms with Crippen molar-refractivity contribution < 1.29 is 4.79 Å². The Kier molecular flexibility index (Phi) is 3.75. The van der Waals surface area contributed by atoms with Gasteiger partial charge in [0, 0.05) is 16.9 Å². The van der Waals surface area contributed by atoms with E-state index >= 15 is 0 Å². The molecule has 1 aromatic heterocycles. The van der Waals surface area contributed by atoms with Gasteiger partial charge >= 0.3 is 0 Å². The molecule has 98 valence electrons. The lowest BCUT2D eigenvalue weighted by Gasteiger charge is -2.08. The summed E-state index contributed by atoms with van der Waals surface area (Å²) in [7, 11) is 0. The Labute approximate surface area is 122 Å². The first-order chi connectivity index (χ1) is 9.84. The van der Waals surface area contributed by atoms with Crippen molar-refractivity contribution in [2.24, 2.45) is 0 Å². The van der Waals surface area contributed by atoms with Crippen LogP contribution in [0.5, 0.6) is 0 Å². The third kappa shape index (κ3) is 2.70. The molecule has 0 saturated carbocycles. The normalized spacial score (nSPS) is 10.4. The largest absolute Gasteiger partial charge is 0.294 e. The summed E-state index contributed by atoms with van der Waals surface area (Å²) in [6.07, 6.45) is 0.474. The summed E-state index contributed by atoms with van der Waals surface area (Å²) in [6.45, 7) is 0. The molecule has 2 heteroatoms. The lowest BCUT2D eigenvalue weighted by atomic mass is 9.96. The summed E-state index contributed by atoms with van der Waals surface area (Å²) < 4.78 is 0. The third-order valence-corrected chi connectivity index (χ3v) is 4.10. The van der Waals surface area contributed by atoms with Gasteiger partial charge in [-0.15, -0.1) is 11.3 Å². The lowest BCUT2D eigenvalue weighted by molar-refractivity contribution is 0.0994. The van der Waals surface area contributed by atoms with Crippen molar-refractivity contribution in [1.82, 2.24) is 0 Å². The van der Waals surface area contributed by atoms with Gasteiger partial charge < -0.3 is 0 Å². The molecule has 20 heavy (non-hydrogen) atoms. The molecule has 0 bridgehead atoms. The molecule has 0 aliphatic carbocycles. The molecule has 0 fully saturated rings. The number of carbonyl (C=O) groups excluding carboxylic acids is 1. The minimum absolute atomic E-state index is 0.173. The zero-order valence-electron chi connectivity index (χ0n) is 11.0. The molecule has 3 rings (SSSR count). The molecular weight excluding hydrogens is 264 g/mol. The van der Waals surface area contributed by atoms with Gasteiger partial charge in [-0.05, 0) is 22.6 Å². The smallest absolute Gasteiger partial charge is 0.168 e. The van der Waals surface area contributed by atoms with Gasteiger partial charge in [0.1, 0.15) is 0 Å². The highest BCUT2D eigenvalue weighted by Gasteiger charge is 2.13. The highest BCUT2D eigenvalue weighted by molar-refractivity contribution is 7.10. The minimum atomic E-state index is 0.173. The van der Waals surface area contributed by atoms with Gasteiger partial charge in [0.05, 0.1) is 0 Å². The Morgan fingerprint density at radius 1 is 0.850 bits per heavy atom. The van der Waals surface area contributed by atoms with Crippen molar-refractivity contribution in [1.29, 1.82) is 0 Å². The first-order valence-corrected chi connectivity index (χ1v) is 7.42. The van der Waals surface area contributed by atoms with Crippen molar-refractivity contribution in [3.63, 3.8) is 0 Å². The lowest BCUT2D eigenvalue weighted by Crippen LogP contribution is -2.04. The quantitative estimate of drug-likeness (QED) is 0.624. The first-order valence-electron chi connectivity index (χ1n) is 6.54. The number of thiophene rings is 1. The number of hydrogen-bond donors (Lipinski definition) is 0. The number of rotatable bonds is 4. The third-order valence-electron chi connectivity index (χ3n) is 3.23. The Bertz CT molecular complexity index is 699. The van der Waals surface area contributed by atoms with E-state index in [1.165, 1.54) is 0 Å². The van der Waals surface area contributed by atoms with Crippen LogP contribution < -0.4 is 0 Å². The maximum atomic E-state index is 12.5. The van der Waals surface area contributed by atoms with Crippen molar-refractivity contribution in [2.75, 3.05) is 0 Å². The van der Waals surface area contributed by atoms with Gasteiger partial charge in [0.2, 0.25) is 0 Å². The molecule has 1 heterocycles. The molecule has 0 unspecified atom stereocenters. The summed E-state index contributed by atoms with van der Waals surface area (Å²) >= 11 is 1.63. The molecule has 0 radical (unpaired) electrons. The highest BCUT2D eigenvalue weighted by atomic mass is 32.1. The molecule has 0 saturated heterocycles. The number of benzene rings is 2. The predicted molar refractivity (Wildman–Crippen MR) is 84.2 cm³/mol. The monoisotopic (exact) mass is 278 g/mol. The second kappa shape index (κ2) is 5.85. The summed E-state index contributed by atoms with van der Waals surface area (Å²) in [4.78, 5) is 13.6. The Morgan fingerprint density at radius 3 is 2.35 bits per heavy atom. The van der Waals surface area contributed by atoms with Crippen LogP contribution in [0, 0.1) is 0 Å². The van der Waals surface area contributed by atoms with Gasteiger partial charge in [-0.3, -0.25) is 4.79 Å². The summed E-state index contributed by atoms with van der Waals surface area (Å²) in [5.74, 6) is 0.173. The van der Waals surface area contributed by atoms with Crippen LogP contribution in [0.4, 0.5) is 0 Å². The Morgan fingerprint density at radius 2 is 1.60 bits per heavy atom. The average molecular weight is 278 g/mol. The molecule has 0 aliphatic rings. The molecule has 0 spiro atoms. The topological polar surface area (TPSA) is 17.1 Å². The predicted octanol–water partition coefficient (Wildman–Crippen LogP) is 4.84. The number of carbonyl (C=O) groups is 1. The zero-order valence-corrected chi connectivity index (χ0v) is 11.8. The molecule has 0 aliphatic heterocycles. The fourth-order valence-electron chi connectivity index (χ4n) is 2.26. The summed E-state index contributed by atoms with van der Waals surface area (Å²) in [6, 6.07) is 21.9. The van der Waals surface area contributed by atoms with Crippen molar-refractivity contribution in [3.05, 3.63) is 82.6 Å². The molecule has 1 nitrogen and oxygen atoms in total. The standard InChI is InChI=1S/C18H14OS/c19-18(13-15-9-6-12-20-15)17-11-5-4-10-16(17)14-7-2-1-3-8-14/h1-12H,13H2. The number of Topliss-reactive ketones (excluding diaryl/α,β-unsaturated/α-hetero) is 1. The van der Waals surface area contributed by atoms with E-state index < -0.39 is 0 Å². The summed E-state index contributed by atoms with van der Waals surface area (Å²) in [5.41, 5.74) is 2.89. The van der Waals surface area contributed by atoms with E-state index in [4.69, 9.17) is 0 Å². The van der Waals surface area contributed by atoms with Crippen LogP contribution in [0.2, 0.25) is 0 Å². The van der Waals surface area contributed by atoms with Crippen molar-refractivity contribution in [3.8, 4) is 11.1 Å². The molecule has 0 N–H and O–H groups in total. The van der Waals surface area contributed by atoms with E-state index in [1.807, 2.05) is 72.1 Å². The van der Waals surface area contributed by atoms with E-state index in [-0.39, 0.29) is 5.78 Å². The van der Waals surface area contributed by atoms with E-state index in [0.717, 1.165) is 21.6 Å². The van der Waals surface area contributed by atoms with Gasteiger partial charge in [-0.2, -0.15) is 0 Å². The van der Waals surface area contributed by atoms with Crippen LogP contribution in [0.3, 0.4) is 0 Å². The molecular formula is C18H14OS. The molecule has 0 amide bonds. The maximum Gasteiger partial charge on any atom is 0.168 e. The van der Waals surface area contributed by atoms with E-state index in [2.05, 4.69) is 0 Å². The number of hydrogen-bond acceptors (Lipinski definition) is 2. The van der Waals surface area contributed by atoms with Crippen LogP contribution in [-0.4, -0.2) is 5.78 Å². The van der Waals surface area contributed by atoms with Gasteiger partial charge in [-0.1, -0.05) is 60.7 Å². The molecule has 3 aromatic rings. The average Bonchev–Trinajstić information content (AvgIpc) is 3.01. The van der Waals surface area contributed by atoms with Crippen LogP contribution in [-0.2, 0) is 6.42 Å². The fourth-order valence-corrected chi connectivity index (χ4v) is 2.97. The van der Waals surface area contributed by atoms with Gasteiger partial charge in [-0.25, -0.2) is 0 Å². The van der Waals surface area contributed by atoms with E-state index in [0.29, 0.717) is 6.42 Å². The van der Waals surface area contributed by atoms with Crippen LogP contribution >= 0.6 is 11.3 Å². The number of ketones is 1. The minimum Gasteiger partial charge on any atom is -0.294 e. The highest BCUT2D eigenvalue weighted by Crippen LogP contribution is 2.25. The zero-order chi connectivity index (χ0) is 13.8. The van der Waals surface area contributed by atoms with Crippen LogP contribution in [0.15, 0.2) is 72.1 Å². The molecule has 2 aromatic carbocycles. The summed E-state index contributed by atoms with van der Waals surface area (Å²) in [5, 5.41) is 2.01. The van der Waals surface area contributed by atoms with Gasteiger partial charge in [0.25, 0.3) is 0 Å². The van der Waals surface area contributed by atoms with Crippen LogP contribution in [0.25, 0.3) is 11.1 Å². The molecule has 0 atom stereocenters. The first kappa shape index (κ1) is 12.8. The van der Waals surface area contributed by atoms with Crippen molar-refractivity contribution >= 4 is 17.1 Å². The van der Waals surface area contributed by atoms with Crippen LogP contribution in [0.1, 0.15) is 15.2 Å². The Balaban J connectivity index is 1.96. The maximum absolute atomic E-state index is 12.5. The van der Waals surface area contributed by atoms with E-state index in [9.17, 15) is 4.79 Å². The Hall–Kier alpha value is -2.19. The SMILES string of the molecule is O=C(Cc1cccs1)c1ccccc1-c1ccccc1. The van der Waals surface area contributed by atoms with Crippen molar-refractivity contribution in [2.45, 2.75) is 6.42 Å². The second-order valence-electron chi connectivity index (χ2n) is 4.59. The van der Waals surface area contributed by atoms with Gasteiger partial charge in [0.15, 0.2) is 5.78 Å².